The molecule has 144 valence electrons. The second-order valence-corrected chi connectivity index (χ2v) is 6.63. The van der Waals surface area contributed by atoms with Crippen LogP contribution in [0.25, 0.3) is 0 Å². The Morgan fingerprint density at radius 2 is 1.93 bits per heavy atom. The van der Waals surface area contributed by atoms with Crippen LogP contribution >= 0.6 is 0 Å². The first kappa shape index (κ1) is 19.2. The number of pyridine rings is 1. The molecule has 1 aliphatic heterocycles. The van der Waals surface area contributed by atoms with E-state index < -0.39 is 0 Å². The normalized spacial score (nSPS) is 14.1. The number of hydrogen-bond acceptors (Lipinski definition) is 5. The fourth-order valence-electron chi connectivity index (χ4n) is 3.28. The van der Waals surface area contributed by atoms with Crippen LogP contribution in [-0.4, -0.2) is 55.2 Å². The van der Waals surface area contributed by atoms with Gasteiger partial charge in [-0.2, -0.15) is 0 Å². The summed E-state index contributed by atoms with van der Waals surface area (Å²) >= 11 is 0. The van der Waals surface area contributed by atoms with E-state index >= 15 is 0 Å². The summed E-state index contributed by atoms with van der Waals surface area (Å²) < 4.78 is 5.31. The van der Waals surface area contributed by atoms with E-state index in [-0.39, 0.29) is 5.91 Å². The Labute approximate surface area is 161 Å². The fourth-order valence-corrected chi connectivity index (χ4v) is 3.28. The van der Waals surface area contributed by atoms with E-state index in [1.165, 1.54) is 5.69 Å². The summed E-state index contributed by atoms with van der Waals surface area (Å²) in [5.41, 5.74) is 4.74. The first-order valence-corrected chi connectivity index (χ1v) is 9.58. The van der Waals surface area contributed by atoms with Crippen LogP contribution in [0.2, 0.25) is 0 Å². The fraction of sp³-hybridized carbons (Fsp3) is 0.429. The van der Waals surface area contributed by atoms with Crippen molar-refractivity contribution in [2.24, 2.45) is 0 Å². The number of ether oxygens (including phenoxy) is 1. The van der Waals surface area contributed by atoms with Crippen LogP contribution in [0.5, 0.6) is 0 Å². The van der Waals surface area contributed by atoms with Gasteiger partial charge in [-0.15, -0.1) is 0 Å². The molecule has 0 spiro atoms. The Kier molecular flexibility index (Phi) is 6.29. The lowest BCUT2D eigenvalue weighted by Crippen LogP contribution is -2.41. The lowest BCUT2D eigenvalue weighted by Gasteiger charge is -2.26. The van der Waals surface area contributed by atoms with Gasteiger partial charge in [0.15, 0.2) is 0 Å². The molecule has 1 N–H and O–H groups in total. The number of anilines is 3. The molecule has 6 heteroatoms. The first-order valence-electron chi connectivity index (χ1n) is 9.58. The molecule has 3 rings (SSSR count). The number of morpholine rings is 1. The van der Waals surface area contributed by atoms with Crippen molar-refractivity contribution in [3.05, 3.63) is 47.8 Å². The molecule has 1 fully saturated rings. The average Bonchev–Trinajstić information content (AvgIpc) is 2.71. The standard InChI is InChI=1S/C21H28N4O2/c1-4-24(5-2)18-6-7-19(16(3)14-18)23-17-8-9-22-20(15-17)21(26)25-10-12-27-13-11-25/h6-9,14-15H,4-5,10-13H2,1-3H3,(H,22,23). The smallest absolute Gasteiger partial charge is 0.272 e. The third-order valence-corrected chi connectivity index (χ3v) is 4.89. The van der Waals surface area contributed by atoms with Crippen LogP contribution in [-0.2, 0) is 4.74 Å². The molecular formula is C21H28N4O2. The highest BCUT2D eigenvalue weighted by molar-refractivity contribution is 5.93. The Morgan fingerprint density at radius 1 is 1.19 bits per heavy atom. The lowest BCUT2D eigenvalue weighted by atomic mass is 10.1. The molecule has 1 saturated heterocycles. The third-order valence-electron chi connectivity index (χ3n) is 4.89. The van der Waals surface area contributed by atoms with Crippen LogP contribution in [0.3, 0.4) is 0 Å². The van der Waals surface area contributed by atoms with Crippen LogP contribution in [0.15, 0.2) is 36.5 Å². The van der Waals surface area contributed by atoms with E-state index in [2.05, 4.69) is 54.2 Å². The largest absolute Gasteiger partial charge is 0.378 e. The van der Waals surface area contributed by atoms with Crippen molar-refractivity contribution in [3.8, 4) is 0 Å². The summed E-state index contributed by atoms with van der Waals surface area (Å²) in [5, 5.41) is 3.42. The van der Waals surface area contributed by atoms with E-state index in [1.807, 2.05) is 12.1 Å². The molecule has 6 nitrogen and oxygen atoms in total. The second kappa shape index (κ2) is 8.86. The van der Waals surface area contributed by atoms with E-state index in [0.29, 0.717) is 32.0 Å². The number of aryl methyl sites for hydroxylation is 1. The molecule has 2 aromatic rings. The zero-order valence-electron chi connectivity index (χ0n) is 16.4. The monoisotopic (exact) mass is 368 g/mol. The number of nitrogens with one attached hydrogen (secondary N) is 1. The Hall–Kier alpha value is -2.60. The highest BCUT2D eigenvalue weighted by Gasteiger charge is 2.19. The summed E-state index contributed by atoms with van der Waals surface area (Å²) in [5.74, 6) is -0.0458. The number of benzene rings is 1. The van der Waals surface area contributed by atoms with Crippen molar-refractivity contribution in [1.29, 1.82) is 0 Å². The maximum Gasteiger partial charge on any atom is 0.272 e. The quantitative estimate of drug-likeness (QED) is 0.846. The number of rotatable bonds is 6. The number of hydrogen-bond donors (Lipinski definition) is 1. The number of carbonyl (C=O) groups is 1. The number of nitrogens with zero attached hydrogens (tertiary/aromatic N) is 3. The molecule has 0 atom stereocenters. The van der Waals surface area contributed by atoms with E-state index in [9.17, 15) is 4.79 Å². The van der Waals surface area contributed by atoms with Gasteiger partial charge in [-0.1, -0.05) is 0 Å². The summed E-state index contributed by atoms with van der Waals surface area (Å²) in [6.45, 7) is 10.8. The minimum atomic E-state index is -0.0458. The molecule has 0 aliphatic carbocycles. The zero-order chi connectivity index (χ0) is 19.2. The number of amides is 1. The summed E-state index contributed by atoms with van der Waals surface area (Å²) in [7, 11) is 0. The number of carbonyl (C=O) groups excluding carboxylic acids is 1. The molecular weight excluding hydrogens is 340 g/mol. The van der Waals surface area contributed by atoms with E-state index in [0.717, 1.165) is 30.0 Å². The second-order valence-electron chi connectivity index (χ2n) is 6.63. The van der Waals surface area contributed by atoms with Crippen LogP contribution < -0.4 is 10.2 Å². The third kappa shape index (κ3) is 4.57. The topological polar surface area (TPSA) is 57.7 Å². The van der Waals surface area contributed by atoms with Gasteiger partial charge in [-0.3, -0.25) is 9.78 Å². The van der Waals surface area contributed by atoms with Crippen molar-refractivity contribution in [1.82, 2.24) is 9.88 Å². The van der Waals surface area contributed by atoms with Gasteiger partial charge in [0.25, 0.3) is 5.91 Å². The van der Waals surface area contributed by atoms with Crippen LogP contribution in [0.4, 0.5) is 17.1 Å². The summed E-state index contributed by atoms with van der Waals surface area (Å²) in [6, 6.07) is 10.1. The highest BCUT2D eigenvalue weighted by Crippen LogP contribution is 2.26. The Bertz CT molecular complexity index is 784. The Balaban J connectivity index is 1.75. The lowest BCUT2D eigenvalue weighted by molar-refractivity contribution is 0.0299. The van der Waals surface area contributed by atoms with Gasteiger partial charge in [0.2, 0.25) is 0 Å². The maximum absolute atomic E-state index is 12.6. The van der Waals surface area contributed by atoms with E-state index in [1.54, 1.807) is 11.1 Å². The van der Waals surface area contributed by atoms with Crippen molar-refractivity contribution in [3.63, 3.8) is 0 Å². The zero-order valence-corrected chi connectivity index (χ0v) is 16.4. The van der Waals surface area contributed by atoms with Gasteiger partial charge < -0.3 is 19.9 Å². The van der Waals surface area contributed by atoms with Crippen LogP contribution in [0, 0.1) is 6.92 Å². The summed E-state index contributed by atoms with van der Waals surface area (Å²) in [6.07, 6.45) is 1.68. The van der Waals surface area contributed by atoms with E-state index in [4.69, 9.17) is 4.74 Å². The maximum atomic E-state index is 12.6. The molecule has 1 aliphatic rings. The van der Waals surface area contributed by atoms with Crippen LogP contribution in [0.1, 0.15) is 29.9 Å². The Morgan fingerprint density at radius 3 is 2.59 bits per heavy atom. The molecule has 1 aromatic carbocycles. The molecule has 27 heavy (non-hydrogen) atoms. The molecule has 0 unspecified atom stereocenters. The van der Waals surface area contributed by atoms with Gasteiger partial charge >= 0.3 is 0 Å². The molecule has 0 bridgehead atoms. The van der Waals surface area contributed by atoms with Crippen molar-refractivity contribution >= 4 is 23.0 Å². The predicted octanol–water partition coefficient (Wildman–Crippen LogP) is 3.45. The van der Waals surface area contributed by atoms with Gasteiger partial charge in [0.1, 0.15) is 5.69 Å². The summed E-state index contributed by atoms with van der Waals surface area (Å²) in [4.78, 5) is 21.0. The van der Waals surface area contributed by atoms with Crippen molar-refractivity contribution < 1.29 is 9.53 Å². The minimum absolute atomic E-state index is 0.0458. The van der Waals surface area contributed by atoms with Crippen molar-refractivity contribution in [2.45, 2.75) is 20.8 Å². The van der Waals surface area contributed by atoms with Gasteiger partial charge in [0, 0.05) is 49.4 Å². The average molecular weight is 368 g/mol. The molecule has 2 heterocycles. The number of aromatic nitrogens is 1. The first-order chi connectivity index (χ1) is 13.1. The predicted molar refractivity (Wildman–Crippen MR) is 109 cm³/mol. The highest BCUT2D eigenvalue weighted by atomic mass is 16.5. The van der Waals surface area contributed by atoms with Gasteiger partial charge in [-0.25, -0.2) is 0 Å². The minimum Gasteiger partial charge on any atom is -0.378 e. The van der Waals surface area contributed by atoms with Gasteiger partial charge in [-0.05, 0) is 56.7 Å². The van der Waals surface area contributed by atoms with Crippen molar-refractivity contribution in [2.75, 3.05) is 49.6 Å². The SMILES string of the molecule is CCN(CC)c1ccc(Nc2ccnc(C(=O)N3CCOCC3)c2)c(C)c1. The molecule has 1 aromatic heterocycles. The molecule has 0 saturated carbocycles. The molecule has 0 radical (unpaired) electrons. The molecule has 1 amide bonds. The van der Waals surface area contributed by atoms with Gasteiger partial charge in [0.05, 0.1) is 13.2 Å².